The molecular formula is C24H24F4O3. The summed E-state index contributed by atoms with van der Waals surface area (Å²) < 4.78 is 58.8. The Kier molecular flexibility index (Phi) is 5.55. The summed E-state index contributed by atoms with van der Waals surface area (Å²) in [6, 6.07) is 7.88. The molecule has 0 saturated heterocycles. The molecule has 0 fully saturated rings. The molecule has 0 unspecified atom stereocenters. The SMILES string of the molecule is Cc1ccc(-c2cc(CF)cc(C(F)(F)F)c2)cc1C1=C(O)C(C)(C)OC(C)(C)C1=O. The molecule has 1 aliphatic heterocycles. The van der Waals surface area contributed by atoms with Gasteiger partial charge in [-0.15, -0.1) is 0 Å². The predicted octanol–water partition coefficient (Wildman–Crippen LogP) is 6.58. The van der Waals surface area contributed by atoms with Crippen LogP contribution in [0.3, 0.4) is 0 Å². The van der Waals surface area contributed by atoms with Crippen molar-refractivity contribution >= 4 is 11.4 Å². The molecule has 1 N–H and O–H groups in total. The molecule has 0 radical (unpaired) electrons. The third-order valence-electron chi connectivity index (χ3n) is 5.41. The third kappa shape index (κ3) is 4.24. The number of rotatable bonds is 3. The quantitative estimate of drug-likeness (QED) is 0.553. The molecule has 2 aromatic carbocycles. The summed E-state index contributed by atoms with van der Waals surface area (Å²) in [5, 5.41) is 10.8. The van der Waals surface area contributed by atoms with Crippen molar-refractivity contribution in [3.05, 3.63) is 64.4 Å². The van der Waals surface area contributed by atoms with Gasteiger partial charge in [0.25, 0.3) is 0 Å². The maximum absolute atomic E-state index is 13.3. The lowest BCUT2D eigenvalue weighted by Crippen LogP contribution is -2.49. The third-order valence-corrected chi connectivity index (χ3v) is 5.41. The molecule has 1 aliphatic rings. The van der Waals surface area contributed by atoms with E-state index in [0.717, 1.165) is 12.1 Å². The fourth-order valence-electron chi connectivity index (χ4n) is 3.86. The summed E-state index contributed by atoms with van der Waals surface area (Å²) in [4.78, 5) is 13.1. The minimum atomic E-state index is -4.63. The highest BCUT2D eigenvalue weighted by Gasteiger charge is 2.47. The van der Waals surface area contributed by atoms with Gasteiger partial charge in [-0.25, -0.2) is 4.39 Å². The molecule has 0 amide bonds. The van der Waals surface area contributed by atoms with Gasteiger partial charge in [-0.1, -0.05) is 12.1 Å². The minimum absolute atomic E-state index is 0.0679. The summed E-state index contributed by atoms with van der Waals surface area (Å²) in [6.45, 7) is 7.17. The molecule has 0 saturated carbocycles. The van der Waals surface area contributed by atoms with Crippen molar-refractivity contribution in [2.45, 2.75) is 58.7 Å². The number of aliphatic hydroxyl groups excluding tert-OH is 1. The Morgan fingerprint density at radius 2 is 1.61 bits per heavy atom. The number of aliphatic hydroxyl groups is 1. The molecule has 0 atom stereocenters. The van der Waals surface area contributed by atoms with Gasteiger partial charge in [0, 0.05) is 0 Å². The molecule has 3 nitrogen and oxygen atoms in total. The van der Waals surface area contributed by atoms with Crippen molar-refractivity contribution in [2.24, 2.45) is 0 Å². The van der Waals surface area contributed by atoms with Crippen LogP contribution >= 0.6 is 0 Å². The van der Waals surface area contributed by atoms with Crippen LogP contribution in [-0.2, 0) is 22.4 Å². The number of carbonyl (C=O) groups is 1. The van der Waals surface area contributed by atoms with Crippen molar-refractivity contribution in [2.75, 3.05) is 0 Å². The van der Waals surface area contributed by atoms with E-state index in [1.165, 1.54) is 6.07 Å². The molecule has 1 heterocycles. The van der Waals surface area contributed by atoms with E-state index in [9.17, 15) is 27.5 Å². The van der Waals surface area contributed by atoms with Gasteiger partial charge in [0.05, 0.1) is 11.1 Å². The molecule has 3 rings (SSSR count). The molecule has 0 bridgehead atoms. The first-order valence-corrected chi connectivity index (χ1v) is 9.74. The highest BCUT2D eigenvalue weighted by molar-refractivity contribution is 6.26. The van der Waals surface area contributed by atoms with E-state index in [1.807, 2.05) is 0 Å². The zero-order chi connectivity index (χ0) is 23.4. The lowest BCUT2D eigenvalue weighted by molar-refractivity contribution is -0.158. The Balaban J connectivity index is 2.24. The topological polar surface area (TPSA) is 46.5 Å². The Labute approximate surface area is 178 Å². The van der Waals surface area contributed by atoms with Crippen LogP contribution in [0.5, 0.6) is 0 Å². The van der Waals surface area contributed by atoms with Crippen LogP contribution < -0.4 is 0 Å². The maximum Gasteiger partial charge on any atom is 0.416 e. The van der Waals surface area contributed by atoms with Crippen LogP contribution in [0.15, 0.2) is 42.2 Å². The summed E-state index contributed by atoms with van der Waals surface area (Å²) >= 11 is 0. The number of ketones is 1. The van der Waals surface area contributed by atoms with Gasteiger partial charge in [-0.3, -0.25) is 4.79 Å². The monoisotopic (exact) mass is 436 g/mol. The van der Waals surface area contributed by atoms with Crippen molar-refractivity contribution < 1.29 is 32.2 Å². The summed E-state index contributed by atoms with van der Waals surface area (Å²) in [5.74, 6) is -0.677. The van der Waals surface area contributed by atoms with E-state index in [0.29, 0.717) is 16.7 Å². The summed E-state index contributed by atoms with van der Waals surface area (Å²) in [6.07, 6.45) is -4.63. The van der Waals surface area contributed by atoms with Gasteiger partial charge in [0.2, 0.25) is 0 Å². The first-order valence-electron chi connectivity index (χ1n) is 9.74. The lowest BCUT2D eigenvalue weighted by atomic mass is 9.81. The summed E-state index contributed by atoms with van der Waals surface area (Å²) in [5.41, 5.74) is -1.73. The van der Waals surface area contributed by atoms with E-state index >= 15 is 0 Å². The van der Waals surface area contributed by atoms with E-state index in [2.05, 4.69) is 0 Å². The Hall–Kier alpha value is -2.67. The number of hydrogen-bond acceptors (Lipinski definition) is 3. The second kappa shape index (κ2) is 7.48. The number of ether oxygens (including phenoxy) is 1. The largest absolute Gasteiger partial charge is 0.508 e. The minimum Gasteiger partial charge on any atom is -0.508 e. The first-order chi connectivity index (χ1) is 14.2. The zero-order valence-corrected chi connectivity index (χ0v) is 17.9. The van der Waals surface area contributed by atoms with Crippen molar-refractivity contribution in [3.8, 4) is 11.1 Å². The molecule has 0 aliphatic carbocycles. The smallest absolute Gasteiger partial charge is 0.416 e. The normalized spacial score (nSPS) is 18.4. The van der Waals surface area contributed by atoms with Gasteiger partial charge in [0.1, 0.15) is 23.6 Å². The van der Waals surface area contributed by atoms with E-state index in [4.69, 9.17) is 4.74 Å². The number of Topliss-reactive ketones (excluding diaryl/α,β-unsaturated/α-hetero) is 1. The Morgan fingerprint density at radius 3 is 2.19 bits per heavy atom. The van der Waals surface area contributed by atoms with Crippen LogP contribution in [0.25, 0.3) is 16.7 Å². The van der Waals surface area contributed by atoms with Crippen LogP contribution in [0.4, 0.5) is 17.6 Å². The number of halogens is 4. The molecule has 31 heavy (non-hydrogen) atoms. The first kappa shape index (κ1) is 23.0. The van der Waals surface area contributed by atoms with Gasteiger partial charge < -0.3 is 9.84 Å². The number of carbonyl (C=O) groups excluding carboxylic acids is 1. The van der Waals surface area contributed by atoms with Crippen LogP contribution in [0.1, 0.15) is 49.9 Å². The standard InChI is InChI=1S/C24H24F4O3/c1-13-6-7-15(16-8-14(12-25)9-17(10-16)24(26,27)28)11-18(13)19-20(29)22(2,3)31-23(4,5)21(19)30/h6-11,29H,12H2,1-5H3. The Morgan fingerprint density at radius 1 is 0.968 bits per heavy atom. The molecule has 2 aromatic rings. The molecule has 0 spiro atoms. The fraction of sp³-hybridized carbons (Fsp3) is 0.375. The maximum atomic E-state index is 13.3. The second-order valence-corrected chi connectivity index (χ2v) is 8.76. The van der Waals surface area contributed by atoms with Crippen molar-refractivity contribution in [1.82, 2.24) is 0 Å². The van der Waals surface area contributed by atoms with Crippen molar-refractivity contribution in [1.29, 1.82) is 0 Å². The molecule has 7 heteroatoms. The second-order valence-electron chi connectivity index (χ2n) is 8.76. The Bertz CT molecular complexity index is 1080. The van der Waals surface area contributed by atoms with Crippen LogP contribution in [0, 0.1) is 6.92 Å². The number of alkyl halides is 4. The van der Waals surface area contributed by atoms with E-state index in [1.54, 1.807) is 52.8 Å². The average molecular weight is 436 g/mol. The lowest BCUT2D eigenvalue weighted by Gasteiger charge is -2.40. The van der Waals surface area contributed by atoms with Crippen molar-refractivity contribution in [3.63, 3.8) is 0 Å². The molecular weight excluding hydrogens is 412 g/mol. The molecule has 166 valence electrons. The van der Waals surface area contributed by atoms with E-state index < -0.39 is 35.4 Å². The van der Waals surface area contributed by atoms with Gasteiger partial charge in [-0.2, -0.15) is 13.2 Å². The number of hydrogen-bond donors (Lipinski definition) is 1. The van der Waals surface area contributed by atoms with Gasteiger partial charge in [-0.05, 0) is 86.7 Å². The zero-order valence-electron chi connectivity index (χ0n) is 17.9. The van der Waals surface area contributed by atoms with Crippen LogP contribution in [0.2, 0.25) is 0 Å². The van der Waals surface area contributed by atoms with Gasteiger partial charge >= 0.3 is 6.18 Å². The summed E-state index contributed by atoms with van der Waals surface area (Å²) in [7, 11) is 0. The predicted molar refractivity (Wildman–Crippen MR) is 110 cm³/mol. The highest BCUT2D eigenvalue weighted by Crippen LogP contribution is 2.42. The average Bonchev–Trinajstić information content (AvgIpc) is 2.66. The molecule has 0 aromatic heterocycles. The number of benzene rings is 2. The highest BCUT2D eigenvalue weighted by atomic mass is 19.4. The van der Waals surface area contributed by atoms with Gasteiger partial charge in [0.15, 0.2) is 5.78 Å². The fourth-order valence-corrected chi connectivity index (χ4v) is 3.86. The number of aryl methyl sites for hydroxylation is 1. The van der Waals surface area contributed by atoms with Crippen LogP contribution in [-0.4, -0.2) is 22.1 Å². The van der Waals surface area contributed by atoms with E-state index in [-0.39, 0.29) is 22.5 Å².